The number of hydrogen-bond donors (Lipinski definition) is 1. The van der Waals surface area contributed by atoms with E-state index in [0.29, 0.717) is 6.04 Å². The van der Waals surface area contributed by atoms with E-state index in [9.17, 15) is 0 Å². The molecule has 0 saturated carbocycles. The first kappa shape index (κ1) is 9.96. The van der Waals surface area contributed by atoms with Crippen molar-refractivity contribution in [3.05, 3.63) is 6.92 Å². The largest absolute Gasteiger partial charge is 0.315 e. The van der Waals surface area contributed by atoms with Crippen molar-refractivity contribution in [3.8, 4) is 0 Å². The third-order valence-electron chi connectivity index (χ3n) is 1.69. The van der Waals surface area contributed by atoms with Crippen LogP contribution >= 0.6 is 0 Å². The number of rotatable bonds is 6. The molecule has 0 aromatic heterocycles. The van der Waals surface area contributed by atoms with Crippen LogP contribution in [0.4, 0.5) is 0 Å². The average molecular weight is 142 g/mol. The Morgan fingerprint density at radius 2 is 2.10 bits per heavy atom. The normalized spacial score (nSPS) is 13.5. The fourth-order valence-corrected chi connectivity index (χ4v) is 1.08. The van der Waals surface area contributed by atoms with Gasteiger partial charge in [-0.2, -0.15) is 0 Å². The predicted octanol–water partition coefficient (Wildman–Crippen LogP) is 2.38. The lowest BCUT2D eigenvalue weighted by Gasteiger charge is -2.10. The summed E-state index contributed by atoms with van der Waals surface area (Å²) in [7, 11) is 0. The van der Waals surface area contributed by atoms with Crippen LogP contribution in [0.15, 0.2) is 0 Å². The summed E-state index contributed by atoms with van der Waals surface area (Å²) < 4.78 is 0. The molecule has 61 valence electrons. The lowest BCUT2D eigenvalue weighted by Crippen LogP contribution is -2.25. The summed E-state index contributed by atoms with van der Waals surface area (Å²) in [5.74, 6) is 0. The van der Waals surface area contributed by atoms with Gasteiger partial charge in [-0.3, -0.25) is 0 Å². The van der Waals surface area contributed by atoms with Crippen molar-refractivity contribution >= 4 is 0 Å². The Morgan fingerprint density at radius 1 is 1.40 bits per heavy atom. The highest BCUT2D eigenvalue weighted by atomic mass is 14.9. The lowest BCUT2D eigenvalue weighted by atomic mass is 10.1. The molecule has 0 spiro atoms. The molecule has 10 heavy (non-hydrogen) atoms. The molecule has 0 aromatic rings. The fourth-order valence-electron chi connectivity index (χ4n) is 1.08. The first-order chi connectivity index (χ1) is 4.81. The Morgan fingerprint density at radius 3 is 2.60 bits per heavy atom. The molecule has 0 heterocycles. The minimum Gasteiger partial charge on any atom is -0.315 e. The van der Waals surface area contributed by atoms with Gasteiger partial charge in [0.25, 0.3) is 0 Å². The smallest absolute Gasteiger partial charge is 0.00386 e. The molecule has 0 fully saturated rings. The summed E-state index contributed by atoms with van der Waals surface area (Å²) in [4.78, 5) is 0. The molecule has 0 saturated heterocycles. The lowest BCUT2D eigenvalue weighted by molar-refractivity contribution is 0.503. The number of unbranched alkanes of at least 4 members (excludes halogenated alkanes) is 2. The zero-order valence-corrected chi connectivity index (χ0v) is 7.32. The van der Waals surface area contributed by atoms with Crippen LogP contribution in [0, 0.1) is 6.92 Å². The number of hydrogen-bond acceptors (Lipinski definition) is 1. The summed E-state index contributed by atoms with van der Waals surface area (Å²) in [6.45, 7) is 9.29. The van der Waals surface area contributed by atoms with Gasteiger partial charge < -0.3 is 5.32 Å². The van der Waals surface area contributed by atoms with Crippen LogP contribution in [0.3, 0.4) is 0 Å². The Kier molecular flexibility index (Phi) is 7.04. The molecule has 0 amide bonds. The van der Waals surface area contributed by atoms with Crippen LogP contribution in [-0.4, -0.2) is 12.6 Å². The van der Waals surface area contributed by atoms with Crippen LogP contribution < -0.4 is 5.32 Å². The van der Waals surface area contributed by atoms with Crippen LogP contribution in [-0.2, 0) is 0 Å². The highest BCUT2D eigenvalue weighted by molar-refractivity contribution is 4.58. The summed E-state index contributed by atoms with van der Waals surface area (Å²) in [5.41, 5.74) is 0. The standard InChI is InChI=1S/C9H20N/c1-4-6-7-8-9(3)10-5-2/h9-10H,1,4-8H2,2-3H3. The van der Waals surface area contributed by atoms with Gasteiger partial charge in [-0.05, 0) is 19.9 Å². The van der Waals surface area contributed by atoms with Gasteiger partial charge in [-0.25, -0.2) is 0 Å². The fraction of sp³-hybridized carbons (Fsp3) is 0.889. The molecule has 1 heteroatoms. The summed E-state index contributed by atoms with van der Waals surface area (Å²) in [6.07, 6.45) is 4.97. The van der Waals surface area contributed by atoms with Crippen molar-refractivity contribution in [1.29, 1.82) is 0 Å². The van der Waals surface area contributed by atoms with Crippen molar-refractivity contribution < 1.29 is 0 Å². The van der Waals surface area contributed by atoms with Crippen LogP contribution in [0.25, 0.3) is 0 Å². The monoisotopic (exact) mass is 142 g/mol. The zero-order chi connectivity index (χ0) is 7.82. The second-order valence-electron chi connectivity index (χ2n) is 2.81. The molecule has 0 bridgehead atoms. The maximum Gasteiger partial charge on any atom is 0.00386 e. The van der Waals surface area contributed by atoms with E-state index in [1.165, 1.54) is 19.3 Å². The average Bonchev–Trinajstić information content (AvgIpc) is 1.89. The van der Waals surface area contributed by atoms with Gasteiger partial charge in [-0.1, -0.05) is 33.1 Å². The third kappa shape index (κ3) is 6.09. The van der Waals surface area contributed by atoms with Gasteiger partial charge in [0, 0.05) is 6.04 Å². The molecule has 0 aromatic carbocycles. The molecule has 1 atom stereocenters. The van der Waals surface area contributed by atoms with Gasteiger partial charge in [0.05, 0.1) is 0 Å². The Balaban J connectivity index is 2.97. The highest BCUT2D eigenvalue weighted by Gasteiger charge is 1.96. The van der Waals surface area contributed by atoms with Crippen LogP contribution in [0.1, 0.15) is 39.5 Å². The molecule has 1 unspecified atom stereocenters. The molecule has 0 aliphatic heterocycles. The molecule has 0 aliphatic rings. The minimum atomic E-state index is 0.691. The quantitative estimate of drug-likeness (QED) is 0.561. The van der Waals surface area contributed by atoms with Gasteiger partial charge in [0.2, 0.25) is 0 Å². The van der Waals surface area contributed by atoms with E-state index in [1.54, 1.807) is 0 Å². The van der Waals surface area contributed by atoms with Crippen LogP contribution in [0.2, 0.25) is 0 Å². The van der Waals surface area contributed by atoms with Crippen molar-refractivity contribution in [2.24, 2.45) is 0 Å². The van der Waals surface area contributed by atoms with E-state index in [-0.39, 0.29) is 0 Å². The summed E-state index contributed by atoms with van der Waals surface area (Å²) >= 11 is 0. The highest BCUT2D eigenvalue weighted by Crippen LogP contribution is 2.01. The van der Waals surface area contributed by atoms with Crippen molar-refractivity contribution in [1.82, 2.24) is 5.32 Å². The van der Waals surface area contributed by atoms with Gasteiger partial charge in [-0.15, -0.1) is 0 Å². The van der Waals surface area contributed by atoms with E-state index < -0.39 is 0 Å². The Hall–Kier alpha value is -0.0400. The topological polar surface area (TPSA) is 12.0 Å². The second kappa shape index (κ2) is 7.07. The first-order valence-electron chi connectivity index (χ1n) is 4.33. The Bertz CT molecular complexity index is 61.7. The minimum absolute atomic E-state index is 0.691. The van der Waals surface area contributed by atoms with E-state index in [4.69, 9.17) is 0 Å². The van der Waals surface area contributed by atoms with E-state index in [2.05, 4.69) is 26.1 Å². The van der Waals surface area contributed by atoms with E-state index >= 15 is 0 Å². The predicted molar refractivity (Wildman–Crippen MR) is 47.0 cm³/mol. The third-order valence-corrected chi connectivity index (χ3v) is 1.69. The zero-order valence-electron chi connectivity index (χ0n) is 7.32. The molecular formula is C9H20N. The number of nitrogens with one attached hydrogen (secondary N) is 1. The van der Waals surface area contributed by atoms with Crippen molar-refractivity contribution in [3.63, 3.8) is 0 Å². The van der Waals surface area contributed by atoms with E-state index in [1.807, 2.05) is 0 Å². The molecule has 1 radical (unpaired) electrons. The van der Waals surface area contributed by atoms with Gasteiger partial charge in [0.15, 0.2) is 0 Å². The summed E-state index contributed by atoms with van der Waals surface area (Å²) in [6, 6.07) is 0.691. The van der Waals surface area contributed by atoms with Gasteiger partial charge in [0.1, 0.15) is 0 Å². The SMILES string of the molecule is [CH2]CCCCC(C)NCC. The van der Waals surface area contributed by atoms with Gasteiger partial charge >= 0.3 is 0 Å². The maximum atomic E-state index is 3.81. The second-order valence-corrected chi connectivity index (χ2v) is 2.81. The maximum absolute atomic E-state index is 3.81. The van der Waals surface area contributed by atoms with Crippen LogP contribution in [0.5, 0.6) is 0 Å². The van der Waals surface area contributed by atoms with Crippen molar-refractivity contribution in [2.75, 3.05) is 6.54 Å². The van der Waals surface area contributed by atoms with Crippen molar-refractivity contribution in [2.45, 2.75) is 45.6 Å². The Labute approximate surface area is 65.2 Å². The molecule has 1 nitrogen and oxygen atoms in total. The summed E-state index contributed by atoms with van der Waals surface area (Å²) in [5, 5.41) is 3.38. The molecule has 0 rings (SSSR count). The molecule has 0 aliphatic carbocycles. The van der Waals surface area contributed by atoms with E-state index in [0.717, 1.165) is 13.0 Å². The molecule has 1 N–H and O–H groups in total. The first-order valence-corrected chi connectivity index (χ1v) is 4.33. The molecular weight excluding hydrogens is 122 g/mol.